The standard InChI is InChI=1S/C10H20N2O3/c1-2-5-9(13)12-7-4-3-6-8(11)10(14)15/h8H,2-7,11H2,1H3,(H,12,13)(H,14,15)/t8-/m1/s1. The van der Waals surface area contributed by atoms with Crippen LogP contribution in [0.4, 0.5) is 0 Å². The number of hydrogen-bond acceptors (Lipinski definition) is 3. The first-order valence-corrected chi connectivity index (χ1v) is 5.33. The second kappa shape index (κ2) is 8.23. The lowest BCUT2D eigenvalue weighted by molar-refractivity contribution is -0.138. The average molecular weight is 216 g/mol. The predicted octanol–water partition coefficient (Wildman–Crippen LogP) is 0.485. The highest BCUT2D eigenvalue weighted by molar-refractivity contribution is 5.75. The van der Waals surface area contributed by atoms with E-state index in [2.05, 4.69) is 5.32 Å². The van der Waals surface area contributed by atoms with Gasteiger partial charge >= 0.3 is 5.97 Å². The highest BCUT2D eigenvalue weighted by atomic mass is 16.4. The maximum atomic E-state index is 11.0. The minimum atomic E-state index is -0.968. The van der Waals surface area contributed by atoms with E-state index in [1.807, 2.05) is 6.92 Å². The lowest BCUT2D eigenvalue weighted by Gasteiger charge is -2.06. The van der Waals surface area contributed by atoms with Crippen molar-refractivity contribution in [2.24, 2.45) is 5.73 Å². The second-order valence-corrected chi connectivity index (χ2v) is 3.54. The molecule has 5 nitrogen and oxygen atoms in total. The van der Waals surface area contributed by atoms with Crippen LogP contribution in [0.5, 0.6) is 0 Å². The molecule has 15 heavy (non-hydrogen) atoms. The van der Waals surface area contributed by atoms with Crippen molar-refractivity contribution in [3.63, 3.8) is 0 Å². The monoisotopic (exact) mass is 216 g/mol. The smallest absolute Gasteiger partial charge is 0.320 e. The Bertz CT molecular complexity index is 207. The van der Waals surface area contributed by atoms with Gasteiger partial charge in [0, 0.05) is 13.0 Å². The zero-order chi connectivity index (χ0) is 11.7. The molecule has 5 heteroatoms. The number of carbonyl (C=O) groups excluding carboxylic acids is 1. The van der Waals surface area contributed by atoms with Gasteiger partial charge in [0.2, 0.25) is 5.91 Å². The van der Waals surface area contributed by atoms with Gasteiger partial charge in [-0.2, -0.15) is 0 Å². The maximum Gasteiger partial charge on any atom is 0.320 e. The third-order valence-corrected chi connectivity index (χ3v) is 2.06. The van der Waals surface area contributed by atoms with Crippen LogP contribution in [0.15, 0.2) is 0 Å². The third-order valence-electron chi connectivity index (χ3n) is 2.06. The van der Waals surface area contributed by atoms with E-state index in [1.165, 1.54) is 0 Å². The molecule has 0 saturated carbocycles. The summed E-state index contributed by atoms with van der Waals surface area (Å²) in [5, 5.41) is 11.3. The zero-order valence-electron chi connectivity index (χ0n) is 9.16. The topological polar surface area (TPSA) is 92.4 Å². The van der Waals surface area contributed by atoms with Crippen LogP contribution in [0, 0.1) is 0 Å². The Morgan fingerprint density at radius 2 is 2.07 bits per heavy atom. The first-order chi connectivity index (χ1) is 7.07. The van der Waals surface area contributed by atoms with Crippen LogP contribution in [0.2, 0.25) is 0 Å². The summed E-state index contributed by atoms with van der Waals surface area (Å²) in [4.78, 5) is 21.4. The van der Waals surface area contributed by atoms with Gasteiger partial charge in [-0.05, 0) is 25.7 Å². The number of carboxylic acid groups (broad SMARTS) is 1. The quantitative estimate of drug-likeness (QED) is 0.515. The first-order valence-electron chi connectivity index (χ1n) is 5.33. The van der Waals surface area contributed by atoms with Gasteiger partial charge in [0.25, 0.3) is 0 Å². The van der Waals surface area contributed by atoms with E-state index in [1.54, 1.807) is 0 Å². The van der Waals surface area contributed by atoms with Crippen LogP contribution >= 0.6 is 0 Å². The molecule has 0 aliphatic rings. The summed E-state index contributed by atoms with van der Waals surface area (Å²) in [5.74, 6) is -0.912. The third kappa shape index (κ3) is 7.93. The number of carboxylic acids is 1. The highest BCUT2D eigenvalue weighted by Gasteiger charge is 2.09. The van der Waals surface area contributed by atoms with E-state index >= 15 is 0 Å². The fraction of sp³-hybridized carbons (Fsp3) is 0.800. The zero-order valence-corrected chi connectivity index (χ0v) is 9.16. The SMILES string of the molecule is CCCC(=O)NCCCC[C@@H](N)C(=O)O. The van der Waals surface area contributed by atoms with E-state index < -0.39 is 12.0 Å². The fourth-order valence-corrected chi connectivity index (χ4v) is 1.16. The van der Waals surface area contributed by atoms with Gasteiger partial charge in [0.1, 0.15) is 6.04 Å². The van der Waals surface area contributed by atoms with E-state index in [9.17, 15) is 9.59 Å². The molecular weight excluding hydrogens is 196 g/mol. The summed E-state index contributed by atoms with van der Waals surface area (Å²) in [6.45, 7) is 2.55. The predicted molar refractivity (Wildman–Crippen MR) is 57.4 cm³/mol. The molecule has 0 aromatic heterocycles. The Morgan fingerprint density at radius 1 is 1.40 bits per heavy atom. The van der Waals surface area contributed by atoms with E-state index in [4.69, 9.17) is 10.8 Å². The number of aliphatic carboxylic acids is 1. The van der Waals surface area contributed by atoms with Crippen molar-refractivity contribution in [1.29, 1.82) is 0 Å². The minimum absolute atomic E-state index is 0.0556. The average Bonchev–Trinajstić information content (AvgIpc) is 2.17. The number of nitrogens with one attached hydrogen (secondary N) is 1. The Kier molecular flexibility index (Phi) is 7.62. The largest absolute Gasteiger partial charge is 0.480 e. The summed E-state index contributed by atoms with van der Waals surface area (Å²) in [6, 6.07) is -0.781. The van der Waals surface area contributed by atoms with Gasteiger partial charge in [0.15, 0.2) is 0 Å². The minimum Gasteiger partial charge on any atom is -0.480 e. The molecule has 0 rings (SSSR count). The van der Waals surface area contributed by atoms with E-state index in [0.29, 0.717) is 19.4 Å². The molecule has 0 heterocycles. The summed E-state index contributed by atoms with van der Waals surface area (Å²) in [5.41, 5.74) is 5.32. The van der Waals surface area contributed by atoms with Gasteiger partial charge in [-0.3, -0.25) is 9.59 Å². The molecule has 0 aliphatic heterocycles. The highest BCUT2D eigenvalue weighted by Crippen LogP contribution is 1.98. The van der Waals surface area contributed by atoms with Crippen LogP contribution < -0.4 is 11.1 Å². The molecule has 1 amide bonds. The van der Waals surface area contributed by atoms with E-state index in [0.717, 1.165) is 19.3 Å². The Hall–Kier alpha value is -1.10. The van der Waals surface area contributed by atoms with Crippen molar-refractivity contribution in [3.8, 4) is 0 Å². The van der Waals surface area contributed by atoms with Crippen LogP contribution in [0.1, 0.15) is 39.0 Å². The normalized spacial score (nSPS) is 12.1. The molecule has 0 bridgehead atoms. The number of rotatable bonds is 8. The molecule has 4 N–H and O–H groups in total. The second-order valence-electron chi connectivity index (χ2n) is 3.54. The molecular formula is C10H20N2O3. The Labute approximate surface area is 90.0 Å². The van der Waals surface area contributed by atoms with Crippen molar-refractivity contribution >= 4 is 11.9 Å². The lowest BCUT2D eigenvalue weighted by Crippen LogP contribution is -2.30. The molecule has 0 aliphatic carbocycles. The summed E-state index contributed by atoms with van der Waals surface area (Å²) < 4.78 is 0. The number of hydrogen-bond donors (Lipinski definition) is 3. The Balaban J connectivity index is 3.32. The summed E-state index contributed by atoms with van der Waals surface area (Å²) >= 11 is 0. The number of amides is 1. The van der Waals surface area contributed by atoms with Crippen molar-refractivity contribution in [1.82, 2.24) is 5.32 Å². The van der Waals surface area contributed by atoms with E-state index in [-0.39, 0.29) is 5.91 Å². The van der Waals surface area contributed by atoms with Gasteiger partial charge in [-0.1, -0.05) is 6.92 Å². The van der Waals surface area contributed by atoms with Crippen molar-refractivity contribution < 1.29 is 14.7 Å². The fourth-order valence-electron chi connectivity index (χ4n) is 1.16. The van der Waals surface area contributed by atoms with Crippen molar-refractivity contribution in [2.45, 2.75) is 45.1 Å². The van der Waals surface area contributed by atoms with Crippen molar-refractivity contribution in [3.05, 3.63) is 0 Å². The number of nitrogens with two attached hydrogens (primary N) is 1. The Morgan fingerprint density at radius 3 is 2.60 bits per heavy atom. The molecule has 0 spiro atoms. The molecule has 0 fully saturated rings. The molecule has 0 saturated heterocycles. The summed E-state index contributed by atoms with van der Waals surface area (Å²) in [6.07, 6.45) is 3.35. The number of unbranched alkanes of at least 4 members (excludes halogenated alkanes) is 1. The molecule has 88 valence electrons. The lowest BCUT2D eigenvalue weighted by atomic mass is 10.1. The van der Waals surface area contributed by atoms with Gasteiger partial charge < -0.3 is 16.2 Å². The van der Waals surface area contributed by atoms with Gasteiger partial charge in [-0.25, -0.2) is 0 Å². The first kappa shape index (κ1) is 13.9. The van der Waals surface area contributed by atoms with Gasteiger partial charge in [-0.15, -0.1) is 0 Å². The van der Waals surface area contributed by atoms with Crippen LogP contribution in [0.3, 0.4) is 0 Å². The molecule has 0 aromatic carbocycles. The molecule has 0 aromatic rings. The van der Waals surface area contributed by atoms with Crippen LogP contribution in [-0.2, 0) is 9.59 Å². The summed E-state index contributed by atoms with van der Waals surface area (Å²) in [7, 11) is 0. The maximum absolute atomic E-state index is 11.0. The molecule has 0 radical (unpaired) electrons. The van der Waals surface area contributed by atoms with Gasteiger partial charge in [0.05, 0.1) is 0 Å². The van der Waals surface area contributed by atoms with Crippen LogP contribution in [-0.4, -0.2) is 29.6 Å². The van der Waals surface area contributed by atoms with Crippen LogP contribution in [0.25, 0.3) is 0 Å². The molecule has 0 unspecified atom stereocenters. The number of carbonyl (C=O) groups is 2. The molecule has 1 atom stereocenters. The van der Waals surface area contributed by atoms with Crippen molar-refractivity contribution in [2.75, 3.05) is 6.54 Å².